The summed E-state index contributed by atoms with van der Waals surface area (Å²) in [5.74, 6) is 0.143. The molecule has 0 saturated heterocycles. The summed E-state index contributed by atoms with van der Waals surface area (Å²) in [5.41, 5.74) is 4.34. The van der Waals surface area contributed by atoms with Gasteiger partial charge in [-0.2, -0.15) is 0 Å². The van der Waals surface area contributed by atoms with Gasteiger partial charge < -0.3 is 15.0 Å². The quantitative estimate of drug-likeness (QED) is 0.490. The van der Waals surface area contributed by atoms with Gasteiger partial charge in [0.25, 0.3) is 5.91 Å². The van der Waals surface area contributed by atoms with Gasteiger partial charge in [0.2, 0.25) is 0 Å². The number of hydrogen-bond donors (Lipinski definition) is 2. The number of fused-ring (bicyclic) bond motifs is 1. The van der Waals surface area contributed by atoms with Crippen molar-refractivity contribution in [1.82, 2.24) is 9.97 Å². The summed E-state index contributed by atoms with van der Waals surface area (Å²) in [6.45, 7) is 2.08. The summed E-state index contributed by atoms with van der Waals surface area (Å²) in [7, 11) is 0. The van der Waals surface area contributed by atoms with Gasteiger partial charge in [0.05, 0.1) is 23.2 Å². The molecule has 6 heteroatoms. The standard InChI is InChI=1S/C23H19N3O3/c1-2-29-23(28)17-11-13-18(14-12-17)24-22(27)16-9-7-15(8-10-16)21-25-19-5-3-4-6-20(19)26-21/h3-14H,2H2,1H3,(H,24,27)(H,25,26). The fourth-order valence-corrected chi connectivity index (χ4v) is 2.98. The summed E-state index contributed by atoms with van der Waals surface area (Å²) in [6.07, 6.45) is 0. The largest absolute Gasteiger partial charge is 0.462 e. The average Bonchev–Trinajstić information content (AvgIpc) is 3.19. The maximum Gasteiger partial charge on any atom is 0.338 e. The zero-order valence-corrected chi connectivity index (χ0v) is 15.8. The van der Waals surface area contributed by atoms with Gasteiger partial charge in [-0.15, -0.1) is 0 Å². The van der Waals surface area contributed by atoms with Crippen molar-refractivity contribution >= 4 is 28.6 Å². The Labute approximate surface area is 167 Å². The topological polar surface area (TPSA) is 84.1 Å². The molecule has 4 rings (SSSR count). The van der Waals surface area contributed by atoms with Crippen molar-refractivity contribution in [1.29, 1.82) is 0 Å². The van der Waals surface area contributed by atoms with Crippen molar-refractivity contribution in [3.8, 4) is 11.4 Å². The van der Waals surface area contributed by atoms with Gasteiger partial charge in [-0.25, -0.2) is 9.78 Å². The number of nitrogens with one attached hydrogen (secondary N) is 2. The van der Waals surface area contributed by atoms with Crippen molar-refractivity contribution in [2.45, 2.75) is 6.92 Å². The highest BCUT2D eigenvalue weighted by Crippen LogP contribution is 2.21. The number of benzene rings is 3. The first-order valence-corrected chi connectivity index (χ1v) is 9.28. The molecule has 1 heterocycles. The molecule has 2 N–H and O–H groups in total. The third-order valence-corrected chi connectivity index (χ3v) is 4.46. The number of aromatic nitrogens is 2. The van der Waals surface area contributed by atoms with Crippen LogP contribution in [-0.2, 0) is 4.74 Å². The Morgan fingerprint density at radius 3 is 2.31 bits per heavy atom. The third-order valence-electron chi connectivity index (χ3n) is 4.46. The van der Waals surface area contributed by atoms with Crippen LogP contribution in [0.15, 0.2) is 72.8 Å². The van der Waals surface area contributed by atoms with Crippen LogP contribution in [0.5, 0.6) is 0 Å². The van der Waals surface area contributed by atoms with E-state index in [9.17, 15) is 9.59 Å². The average molecular weight is 385 g/mol. The molecule has 0 radical (unpaired) electrons. The summed E-state index contributed by atoms with van der Waals surface area (Å²) in [5, 5.41) is 2.82. The molecule has 0 bridgehead atoms. The number of nitrogens with zero attached hydrogens (tertiary/aromatic N) is 1. The summed E-state index contributed by atoms with van der Waals surface area (Å²) in [6, 6.07) is 21.6. The first-order chi connectivity index (χ1) is 14.1. The number of aromatic amines is 1. The van der Waals surface area contributed by atoms with E-state index in [2.05, 4.69) is 15.3 Å². The lowest BCUT2D eigenvalue weighted by molar-refractivity contribution is 0.0526. The number of ether oxygens (including phenoxy) is 1. The Morgan fingerprint density at radius 2 is 1.62 bits per heavy atom. The lowest BCUT2D eigenvalue weighted by Gasteiger charge is -2.07. The lowest BCUT2D eigenvalue weighted by atomic mass is 10.1. The predicted octanol–water partition coefficient (Wildman–Crippen LogP) is 4.66. The minimum Gasteiger partial charge on any atom is -0.462 e. The van der Waals surface area contributed by atoms with Crippen LogP contribution in [0.1, 0.15) is 27.6 Å². The molecular weight excluding hydrogens is 366 g/mol. The van der Waals surface area contributed by atoms with Crippen molar-refractivity contribution in [3.63, 3.8) is 0 Å². The Balaban J connectivity index is 1.46. The molecule has 1 amide bonds. The van der Waals surface area contributed by atoms with Crippen LogP contribution in [0.4, 0.5) is 5.69 Å². The second kappa shape index (κ2) is 7.98. The first kappa shape index (κ1) is 18.4. The molecule has 4 aromatic rings. The number of imidazole rings is 1. The Morgan fingerprint density at radius 1 is 0.931 bits per heavy atom. The number of para-hydroxylation sites is 2. The molecule has 0 aliphatic heterocycles. The number of esters is 1. The van der Waals surface area contributed by atoms with Gasteiger partial charge in [0.1, 0.15) is 5.82 Å². The molecule has 0 unspecified atom stereocenters. The van der Waals surface area contributed by atoms with Crippen molar-refractivity contribution < 1.29 is 14.3 Å². The van der Waals surface area contributed by atoms with Crippen LogP contribution >= 0.6 is 0 Å². The first-order valence-electron chi connectivity index (χ1n) is 9.28. The molecule has 0 aliphatic rings. The Hall–Kier alpha value is -3.93. The van der Waals surface area contributed by atoms with Gasteiger partial charge in [-0.3, -0.25) is 4.79 Å². The fraction of sp³-hybridized carbons (Fsp3) is 0.0870. The van der Waals surface area contributed by atoms with E-state index < -0.39 is 0 Å². The zero-order valence-electron chi connectivity index (χ0n) is 15.8. The molecule has 0 aliphatic carbocycles. The van der Waals surface area contributed by atoms with Gasteiger partial charge in [0, 0.05) is 16.8 Å². The zero-order chi connectivity index (χ0) is 20.2. The second-order valence-corrected chi connectivity index (χ2v) is 6.43. The number of rotatable bonds is 5. The number of amides is 1. The number of carbonyl (C=O) groups excluding carboxylic acids is 2. The number of H-pyrrole nitrogens is 1. The van der Waals surface area contributed by atoms with Gasteiger partial charge in [-0.1, -0.05) is 24.3 Å². The van der Waals surface area contributed by atoms with Crippen LogP contribution in [0.25, 0.3) is 22.4 Å². The maximum atomic E-state index is 12.5. The Kier molecular flexibility index (Phi) is 5.07. The molecule has 3 aromatic carbocycles. The monoisotopic (exact) mass is 385 g/mol. The van der Waals surface area contributed by atoms with E-state index in [4.69, 9.17) is 4.74 Å². The van der Waals surface area contributed by atoms with Crippen molar-refractivity contribution in [2.75, 3.05) is 11.9 Å². The molecule has 29 heavy (non-hydrogen) atoms. The summed E-state index contributed by atoms with van der Waals surface area (Å²) in [4.78, 5) is 32.0. The van der Waals surface area contributed by atoms with E-state index in [1.165, 1.54) is 0 Å². The van der Waals surface area contributed by atoms with E-state index in [0.29, 0.717) is 23.4 Å². The number of hydrogen-bond acceptors (Lipinski definition) is 4. The highest BCUT2D eigenvalue weighted by molar-refractivity contribution is 6.04. The van der Waals surface area contributed by atoms with Crippen LogP contribution in [0.3, 0.4) is 0 Å². The van der Waals surface area contributed by atoms with Gasteiger partial charge >= 0.3 is 5.97 Å². The summed E-state index contributed by atoms with van der Waals surface area (Å²) < 4.78 is 4.95. The lowest BCUT2D eigenvalue weighted by Crippen LogP contribution is -2.12. The van der Waals surface area contributed by atoms with E-state index in [-0.39, 0.29) is 11.9 Å². The number of anilines is 1. The van der Waals surface area contributed by atoms with Crippen LogP contribution in [-0.4, -0.2) is 28.5 Å². The highest BCUT2D eigenvalue weighted by atomic mass is 16.5. The van der Waals surface area contributed by atoms with E-state index in [0.717, 1.165) is 22.4 Å². The normalized spacial score (nSPS) is 10.7. The van der Waals surface area contributed by atoms with Gasteiger partial charge in [-0.05, 0) is 55.5 Å². The molecular formula is C23H19N3O3. The molecule has 144 valence electrons. The molecule has 6 nitrogen and oxygen atoms in total. The second-order valence-electron chi connectivity index (χ2n) is 6.43. The minimum absolute atomic E-state index is 0.231. The van der Waals surface area contributed by atoms with Crippen molar-refractivity contribution in [3.05, 3.63) is 83.9 Å². The van der Waals surface area contributed by atoms with Gasteiger partial charge in [0.15, 0.2) is 0 Å². The van der Waals surface area contributed by atoms with Crippen LogP contribution < -0.4 is 5.32 Å². The summed E-state index contributed by atoms with van der Waals surface area (Å²) >= 11 is 0. The smallest absolute Gasteiger partial charge is 0.338 e. The van der Waals surface area contributed by atoms with E-state index in [1.807, 2.05) is 36.4 Å². The van der Waals surface area contributed by atoms with Crippen LogP contribution in [0, 0.1) is 0 Å². The SMILES string of the molecule is CCOC(=O)c1ccc(NC(=O)c2ccc(-c3nc4ccccc4[nH]3)cc2)cc1. The molecule has 0 spiro atoms. The van der Waals surface area contributed by atoms with Crippen LogP contribution in [0.2, 0.25) is 0 Å². The van der Waals surface area contributed by atoms with Crippen molar-refractivity contribution in [2.24, 2.45) is 0 Å². The third kappa shape index (κ3) is 4.01. The maximum absolute atomic E-state index is 12.5. The minimum atomic E-state index is -0.383. The molecule has 0 fully saturated rings. The van der Waals surface area contributed by atoms with E-state index >= 15 is 0 Å². The fourth-order valence-electron chi connectivity index (χ4n) is 2.98. The van der Waals surface area contributed by atoms with E-state index in [1.54, 1.807) is 43.3 Å². The molecule has 1 aromatic heterocycles. The highest BCUT2D eigenvalue weighted by Gasteiger charge is 2.10. The molecule has 0 atom stereocenters. The number of carbonyl (C=O) groups is 2. The Bertz CT molecular complexity index is 1130. The predicted molar refractivity (Wildman–Crippen MR) is 112 cm³/mol. The molecule has 0 saturated carbocycles.